The summed E-state index contributed by atoms with van der Waals surface area (Å²) >= 11 is 0. The van der Waals surface area contributed by atoms with Gasteiger partial charge in [-0.15, -0.1) is 0 Å². The predicted molar refractivity (Wildman–Crippen MR) is 168 cm³/mol. The Kier molecular flexibility index (Phi) is 5.11. The third-order valence-corrected chi connectivity index (χ3v) is 8.51. The molecular weight excluding hydrogens is 482 g/mol. The van der Waals surface area contributed by atoms with Crippen LogP contribution in [0.1, 0.15) is 22.3 Å². The largest absolute Gasteiger partial charge is 0.355 e. The molecule has 1 nitrogen and oxygen atoms in total. The van der Waals surface area contributed by atoms with Crippen LogP contribution < -0.4 is 5.32 Å². The lowest BCUT2D eigenvalue weighted by Crippen LogP contribution is -2.28. The zero-order valence-electron chi connectivity index (χ0n) is 22.0. The van der Waals surface area contributed by atoms with Crippen LogP contribution in [0, 0.1) is 0 Å². The number of fused-ring (bicyclic) bond motifs is 6. The Labute approximate surface area is 234 Å². The normalized spacial score (nSPS) is 13.2. The maximum Gasteiger partial charge on any atom is 0.0714 e. The van der Waals surface area contributed by atoms with Gasteiger partial charge in [-0.25, -0.2) is 0 Å². The molecule has 1 N–H and O–H groups in total. The van der Waals surface area contributed by atoms with Gasteiger partial charge in [0.05, 0.1) is 5.41 Å². The second-order valence-electron chi connectivity index (χ2n) is 10.6. The lowest BCUT2D eigenvalue weighted by Gasteiger charge is -2.34. The highest BCUT2D eigenvalue weighted by Gasteiger charge is 2.46. The lowest BCUT2D eigenvalue weighted by atomic mass is 9.67. The minimum Gasteiger partial charge on any atom is -0.355 e. The van der Waals surface area contributed by atoms with Crippen molar-refractivity contribution in [3.63, 3.8) is 0 Å². The van der Waals surface area contributed by atoms with E-state index in [1.54, 1.807) is 0 Å². The van der Waals surface area contributed by atoms with Gasteiger partial charge < -0.3 is 5.32 Å². The number of rotatable bonds is 4. The molecule has 7 aromatic rings. The van der Waals surface area contributed by atoms with Crippen LogP contribution in [0.15, 0.2) is 158 Å². The monoisotopic (exact) mass is 509 g/mol. The van der Waals surface area contributed by atoms with Crippen molar-refractivity contribution in [1.29, 1.82) is 0 Å². The molecule has 0 heterocycles. The molecule has 0 unspecified atom stereocenters. The Morgan fingerprint density at radius 1 is 0.400 bits per heavy atom. The number of benzene rings is 7. The highest BCUT2D eigenvalue weighted by Crippen LogP contribution is 2.56. The molecule has 0 aliphatic heterocycles. The molecule has 0 radical (unpaired) electrons. The van der Waals surface area contributed by atoms with Gasteiger partial charge in [-0.05, 0) is 67.7 Å². The molecule has 0 saturated carbocycles. The van der Waals surface area contributed by atoms with Crippen molar-refractivity contribution in [2.45, 2.75) is 5.41 Å². The molecule has 0 spiro atoms. The standard InChI is InChI=1S/C39H27N/c1-3-14-28(15-4-1)39(29-16-5-2-6-17-29)36-22-12-11-20-33(36)34-24-23-30(26-37(34)39)40-38-25-27-13-7-8-18-31(27)32-19-9-10-21-35(32)38/h1-26,40H. The van der Waals surface area contributed by atoms with Gasteiger partial charge in [-0.2, -0.15) is 0 Å². The van der Waals surface area contributed by atoms with Crippen LogP contribution in [0.4, 0.5) is 11.4 Å². The quantitative estimate of drug-likeness (QED) is 0.233. The highest BCUT2D eigenvalue weighted by molar-refractivity contribution is 6.13. The van der Waals surface area contributed by atoms with Crippen LogP contribution in [-0.2, 0) is 5.41 Å². The van der Waals surface area contributed by atoms with E-state index < -0.39 is 5.41 Å². The van der Waals surface area contributed by atoms with E-state index >= 15 is 0 Å². The summed E-state index contributed by atoms with van der Waals surface area (Å²) in [6.07, 6.45) is 0. The van der Waals surface area contributed by atoms with Crippen molar-refractivity contribution >= 4 is 32.9 Å². The molecule has 8 rings (SSSR count). The van der Waals surface area contributed by atoms with Crippen LogP contribution in [0.2, 0.25) is 0 Å². The Bertz CT molecular complexity index is 1980. The fourth-order valence-electron chi connectivity index (χ4n) is 6.84. The minimum atomic E-state index is -0.405. The molecule has 188 valence electrons. The van der Waals surface area contributed by atoms with Gasteiger partial charge in [0.25, 0.3) is 0 Å². The summed E-state index contributed by atoms with van der Waals surface area (Å²) in [5.41, 5.74) is 9.58. The summed E-state index contributed by atoms with van der Waals surface area (Å²) in [7, 11) is 0. The second-order valence-corrected chi connectivity index (χ2v) is 10.6. The van der Waals surface area contributed by atoms with E-state index in [-0.39, 0.29) is 0 Å². The lowest BCUT2D eigenvalue weighted by molar-refractivity contribution is 0.769. The summed E-state index contributed by atoms with van der Waals surface area (Å²) in [4.78, 5) is 0. The smallest absolute Gasteiger partial charge is 0.0714 e. The molecule has 0 fully saturated rings. The van der Waals surface area contributed by atoms with E-state index in [0.717, 1.165) is 11.4 Å². The third kappa shape index (κ3) is 3.28. The van der Waals surface area contributed by atoms with Gasteiger partial charge >= 0.3 is 0 Å². The average Bonchev–Trinajstić information content (AvgIpc) is 3.32. The minimum absolute atomic E-state index is 0.405. The number of hydrogen-bond donors (Lipinski definition) is 1. The average molecular weight is 510 g/mol. The van der Waals surface area contributed by atoms with Gasteiger partial charge in [0.1, 0.15) is 0 Å². The number of anilines is 2. The molecule has 0 bridgehead atoms. The zero-order chi connectivity index (χ0) is 26.5. The van der Waals surface area contributed by atoms with E-state index in [1.165, 1.54) is 54.9 Å². The van der Waals surface area contributed by atoms with E-state index in [1.807, 2.05) is 0 Å². The first-order chi connectivity index (χ1) is 19.8. The van der Waals surface area contributed by atoms with Crippen molar-refractivity contribution in [2.75, 3.05) is 5.32 Å². The molecule has 0 atom stereocenters. The van der Waals surface area contributed by atoms with Crippen molar-refractivity contribution in [1.82, 2.24) is 0 Å². The maximum absolute atomic E-state index is 3.84. The van der Waals surface area contributed by atoms with E-state index in [0.29, 0.717) is 0 Å². The van der Waals surface area contributed by atoms with Crippen LogP contribution >= 0.6 is 0 Å². The second kappa shape index (κ2) is 8.97. The van der Waals surface area contributed by atoms with Crippen LogP contribution in [0.25, 0.3) is 32.7 Å². The van der Waals surface area contributed by atoms with Crippen LogP contribution in [0.5, 0.6) is 0 Å². The topological polar surface area (TPSA) is 12.0 Å². The summed E-state index contributed by atoms with van der Waals surface area (Å²) < 4.78 is 0. The molecule has 1 heteroatoms. The molecule has 0 amide bonds. The van der Waals surface area contributed by atoms with E-state index in [9.17, 15) is 0 Å². The van der Waals surface area contributed by atoms with Gasteiger partial charge in [0, 0.05) is 16.8 Å². The number of hydrogen-bond acceptors (Lipinski definition) is 1. The van der Waals surface area contributed by atoms with Crippen LogP contribution in [-0.4, -0.2) is 0 Å². The first-order valence-corrected chi connectivity index (χ1v) is 13.9. The van der Waals surface area contributed by atoms with Gasteiger partial charge in [0.15, 0.2) is 0 Å². The van der Waals surface area contributed by atoms with Crippen molar-refractivity contribution in [2.24, 2.45) is 0 Å². The van der Waals surface area contributed by atoms with Crippen molar-refractivity contribution in [3.8, 4) is 11.1 Å². The Hall–Kier alpha value is -5.14. The zero-order valence-corrected chi connectivity index (χ0v) is 22.0. The summed E-state index contributed by atoms with van der Waals surface area (Å²) in [5.74, 6) is 0. The summed E-state index contributed by atoms with van der Waals surface area (Å²) in [5, 5.41) is 8.84. The fraction of sp³-hybridized carbons (Fsp3) is 0.0256. The Morgan fingerprint density at radius 2 is 0.975 bits per heavy atom. The van der Waals surface area contributed by atoms with Gasteiger partial charge in [-0.1, -0.05) is 140 Å². The molecule has 1 aliphatic rings. The highest BCUT2D eigenvalue weighted by atomic mass is 14.9. The Balaban J connectivity index is 1.37. The third-order valence-electron chi connectivity index (χ3n) is 8.51. The molecule has 40 heavy (non-hydrogen) atoms. The summed E-state index contributed by atoms with van der Waals surface area (Å²) in [6, 6.07) is 57.3. The van der Waals surface area contributed by atoms with E-state index in [4.69, 9.17) is 0 Å². The molecular formula is C39H27N. The molecule has 1 aliphatic carbocycles. The molecule has 0 saturated heterocycles. The fourth-order valence-corrected chi connectivity index (χ4v) is 6.84. The SMILES string of the molecule is c1ccc(C2(c3ccccc3)c3ccccc3-c3ccc(Nc4cc5ccccc5c5ccccc45)cc32)cc1. The maximum atomic E-state index is 3.84. The first-order valence-electron chi connectivity index (χ1n) is 13.9. The molecule has 0 aromatic heterocycles. The first kappa shape index (κ1) is 22.8. The summed E-state index contributed by atoms with van der Waals surface area (Å²) in [6.45, 7) is 0. The molecule has 7 aromatic carbocycles. The predicted octanol–water partition coefficient (Wildman–Crippen LogP) is 10.1. The van der Waals surface area contributed by atoms with Gasteiger partial charge in [-0.3, -0.25) is 0 Å². The van der Waals surface area contributed by atoms with Gasteiger partial charge in [0.2, 0.25) is 0 Å². The Morgan fingerprint density at radius 3 is 1.73 bits per heavy atom. The van der Waals surface area contributed by atoms with Crippen molar-refractivity contribution < 1.29 is 0 Å². The van der Waals surface area contributed by atoms with E-state index in [2.05, 4.69) is 163 Å². The van der Waals surface area contributed by atoms with Crippen molar-refractivity contribution in [3.05, 3.63) is 180 Å². The number of nitrogens with one attached hydrogen (secondary N) is 1. The van der Waals surface area contributed by atoms with Crippen LogP contribution in [0.3, 0.4) is 0 Å².